The van der Waals surface area contributed by atoms with Crippen molar-refractivity contribution in [1.29, 1.82) is 0 Å². The molecule has 0 saturated heterocycles. The Bertz CT molecular complexity index is 543. The summed E-state index contributed by atoms with van der Waals surface area (Å²) >= 11 is 0. The number of hydrogen-bond donors (Lipinski definition) is 1. The SMILES string of the molecule is CCCc1cccc(-c2cc(CNC)ccc2C)c1. The van der Waals surface area contributed by atoms with Crippen LogP contribution in [0.5, 0.6) is 0 Å². The third-order valence-corrected chi connectivity index (χ3v) is 3.46. The topological polar surface area (TPSA) is 12.0 Å². The zero-order chi connectivity index (χ0) is 13.7. The first-order valence-corrected chi connectivity index (χ1v) is 7.08. The van der Waals surface area contributed by atoms with Gasteiger partial charge in [-0.05, 0) is 54.3 Å². The van der Waals surface area contributed by atoms with Crippen LogP contribution in [0, 0.1) is 6.92 Å². The lowest BCUT2D eigenvalue weighted by molar-refractivity contribution is 0.818. The predicted molar refractivity (Wildman–Crippen MR) is 83.4 cm³/mol. The van der Waals surface area contributed by atoms with Gasteiger partial charge in [0.25, 0.3) is 0 Å². The fourth-order valence-corrected chi connectivity index (χ4v) is 2.48. The molecule has 0 unspecified atom stereocenters. The van der Waals surface area contributed by atoms with Crippen molar-refractivity contribution in [3.8, 4) is 11.1 Å². The van der Waals surface area contributed by atoms with E-state index >= 15 is 0 Å². The Morgan fingerprint density at radius 1 is 1.00 bits per heavy atom. The van der Waals surface area contributed by atoms with E-state index in [0.717, 1.165) is 13.0 Å². The van der Waals surface area contributed by atoms with Crippen molar-refractivity contribution in [3.05, 3.63) is 59.2 Å². The molecule has 0 fully saturated rings. The highest BCUT2D eigenvalue weighted by atomic mass is 14.8. The van der Waals surface area contributed by atoms with Crippen LogP contribution >= 0.6 is 0 Å². The molecular weight excluding hydrogens is 230 g/mol. The monoisotopic (exact) mass is 253 g/mol. The molecule has 0 saturated carbocycles. The summed E-state index contributed by atoms with van der Waals surface area (Å²) in [5.74, 6) is 0. The average Bonchev–Trinajstić information content (AvgIpc) is 2.42. The van der Waals surface area contributed by atoms with Gasteiger partial charge in [-0.25, -0.2) is 0 Å². The summed E-state index contributed by atoms with van der Waals surface area (Å²) < 4.78 is 0. The molecule has 19 heavy (non-hydrogen) atoms. The molecule has 0 aromatic heterocycles. The number of benzene rings is 2. The molecule has 2 aromatic rings. The molecule has 0 aliphatic rings. The van der Waals surface area contributed by atoms with Crippen molar-refractivity contribution in [2.75, 3.05) is 7.05 Å². The van der Waals surface area contributed by atoms with E-state index in [2.05, 4.69) is 61.6 Å². The Labute approximate surface area is 116 Å². The maximum atomic E-state index is 3.21. The van der Waals surface area contributed by atoms with Crippen LogP contribution in [0.25, 0.3) is 11.1 Å². The van der Waals surface area contributed by atoms with Crippen molar-refractivity contribution in [2.45, 2.75) is 33.2 Å². The van der Waals surface area contributed by atoms with Crippen LogP contribution < -0.4 is 5.32 Å². The van der Waals surface area contributed by atoms with Crippen LogP contribution in [0.15, 0.2) is 42.5 Å². The van der Waals surface area contributed by atoms with Crippen LogP contribution in [0.3, 0.4) is 0 Å². The third kappa shape index (κ3) is 3.45. The van der Waals surface area contributed by atoms with Crippen molar-refractivity contribution < 1.29 is 0 Å². The van der Waals surface area contributed by atoms with E-state index in [1.54, 1.807) is 0 Å². The maximum absolute atomic E-state index is 3.21. The highest BCUT2D eigenvalue weighted by Gasteiger charge is 2.04. The zero-order valence-electron chi connectivity index (χ0n) is 12.2. The largest absolute Gasteiger partial charge is 0.316 e. The van der Waals surface area contributed by atoms with Crippen molar-refractivity contribution >= 4 is 0 Å². The highest BCUT2D eigenvalue weighted by Crippen LogP contribution is 2.26. The fraction of sp³-hybridized carbons (Fsp3) is 0.333. The summed E-state index contributed by atoms with van der Waals surface area (Å²) in [4.78, 5) is 0. The number of rotatable bonds is 5. The van der Waals surface area contributed by atoms with E-state index in [1.807, 2.05) is 7.05 Å². The normalized spacial score (nSPS) is 10.7. The van der Waals surface area contributed by atoms with E-state index < -0.39 is 0 Å². The molecule has 0 radical (unpaired) electrons. The first kappa shape index (κ1) is 13.8. The van der Waals surface area contributed by atoms with Crippen molar-refractivity contribution in [2.24, 2.45) is 0 Å². The molecule has 0 atom stereocenters. The lowest BCUT2D eigenvalue weighted by atomic mass is 9.96. The zero-order valence-corrected chi connectivity index (χ0v) is 12.2. The second kappa shape index (κ2) is 6.53. The van der Waals surface area contributed by atoms with Gasteiger partial charge >= 0.3 is 0 Å². The summed E-state index contributed by atoms with van der Waals surface area (Å²) in [6.07, 6.45) is 2.35. The van der Waals surface area contributed by atoms with Gasteiger partial charge in [-0.3, -0.25) is 0 Å². The summed E-state index contributed by atoms with van der Waals surface area (Å²) in [7, 11) is 1.99. The number of aryl methyl sites for hydroxylation is 2. The molecule has 1 N–H and O–H groups in total. The first-order chi connectivity index (χ1) is 9.24. The predicted octanol–water partition coefficient (Wildman–Crippen LogP) is 4.33. The molecule has 1 nitrogen and oxygen atoms in total. The van der Waals surface area contributed by atoms with Gasteiger partial charge in [0, 0.05) is 6.54 Å². The van der Waals surface area contributed by atoms with Gasteiger partial charge in [0.1, 0.15) is 0 Å². The van der Waals surface area contributed by atoms with E-state index in [1.165, 1.54) is 34.2 Å². The quantitative estimate of drug-likeness (QED) is 0.836. The Balaban J connectivity index is 2.39. The second-order valence-corrected chi connectivity index (χ2v) is 5.13. The Morgan fingerprint density at radius 2 is 1.84 bits per heavy atom. The maximum Gasteiger partial charge on any atom is 0.0202 e. The first-order valence-electron chi connectivity index (χ1n) is 7.08. The summed E-state index contributed by atoms with van der Waals surface area (Å²) in [6, 6.07) is 15.7. The molecule has 0 bridgehead atoms. The highest BCUT2D eigenvalue weighted by molar-refractivity contribution is 5.68. The summed E-state index contributed by atoms with van der Waals surface area (Å²) in [5, 5.41) is 3.21. The van der Waals surface area contributed by atoms with Gasteiger partial charge in [0.05, 0.1) is 0 Å². The van der Waals surface area contributed by atoms with Crippen LogP contribution in [0.4, 0.5) is 0 Å². The molecular formula is C18H23N. The van der Waals surface area contributed by atoms with Crippen LogP contribution in [0.1, 0.15) is 30.0 Å². The molecule has 0 aliphatic heterocycles. The lowest BCUT2D eigenvalue weighted by Crippen LogP contribution is -2.05. The molecule has 2 aromatic carbocycles. The molecule has 0 aliphatic carbocycles. The Hall–Kier alpha value is -1.60. The van der Waals surface area contributed by atoms with E-state index in [0.29, 0.717) is 0 Å². The average molecular weight is 253 g/mol. The van der Waals surface area contributed by atoms with Crippen LogP contribution in [0.2, 0.25) is 0 Å². The minimum atomic E-state index is 0.919. The summed E-state index contributed by atoms with van der Waals surface area (Å²) in [6.45, 7) is 5.33. The third-order valence-electron chi connectivity index (χ3n) is 3.46. The smallest absolute Gasteiger partial charge is 0.0202 e. The molecule has 100 valence electrons. The second-order valence-electron chi connectivity index (χ2n) is 5.13. The van der Waals surface area contributed by atoms with Crippen LogP contribution in [-0.4, -0.2) is 7.05 Å². The van der Waals surface area contributed by atoms with Gasteiger partial charge in [-0.2, -0.15) is 0 Å². The van der Waals surface area contributed by atoms with Gasteiger partial charge in [0.2, 0.25) is 0 Å². The van der Waals surface area contributed by atoms with E-state index in [4.69, 9.17) is 0 Å². The van der Waals surface area contributed by atoms with Gasteiger partial charge in [0.15, 0.2) is 0 Å². The molecule has 0 amide bonds. The minimum absolute atomic E-state index is 0.919. The minimum Gasteiger partial charge on any atom is -0.316 e. The van der Waals surface area contributed by atoms with Crippen molar-refractivity contribution in [3.63, 3.8) is 0 Å². The molecule has 0 heterocycles. The summed E-state index contributed by atoms with van der Waals surface area (Å²) in [5.41, 5.74) is 6.79. The Kier molecular flexibility index (Phi) is 4.75. The van der Waals surface area contributed by atoms with E-state index in [-0.39, 0.29) is 0 Å². The molecule has 2 rings (SSSR count). The fourth-order valence-electron chi connectivity index (χ4n) is 2.48. The van der Waals surface area contributed by atoms with Crippen LogP contribution in [-0.2, 0) is 13.0 Å². The standard InChI is InChI=1S/C18H23N/c1-4-6-15-7-5-8-17(11-15)18-12-16(13-19-3)10-9-14(18)2/h5,7-12,19H,4,6,13H2,1-3H3. The van der Waals surface area contributed by atoms with Gasteiger partial charge in [-0.15, -0.1) is 0 Å². The molecule has 0 spiro atoms. The Morgan fingerprint density at radius 3 is 2.58 bits per heavy atom. The van der Waals surface area contributed by atoms with Gasteiger partial charge < -0.3 is 5.32 Å². The van der Waals surface area contributed by atoms with E-state index in [9.17, 15) is 0 Å². The van der Waals surface area contributed by atoms with Crippen molar-refractivity contribution in [1.82, 2.24) is 5.32 Å². The van der Waals surface area contributed by atoms with Gasteiger partial charge in [-0.1, -0.05) is 49.7 Å². The number of nitrogens with one attached hydrogen (secondary N) is 1. The molecule has 1 heteroatoms. The number of hydrogen-bond acceptors (Lipinski definition) is 1. The lowest BCUT2D eigenvalue weighted by Gasteiger charge is -2.10.